The number of benzene rings is 3. The molecule has 0 bridgehead atoms. The summed E-state index contributed by atoms with van der Waals surface area (Å²) in [6.07, 6.45) is -4.68. The highest BCUT2D eigenvalue weighted by Crippen LogP contribution is 2.34. The highest BCUT2D eigenvalue weighted by Gasteiger charge is 2.32. The van der Waals surface area contributed by atoms with Crippen molar-refractivity contribution in [3.63, 3.8) is 0 Å². The van der Waals surface area contributed by atoms with Gasteiger partial charge in [0.15, 0.2) is 0 Å². The first-order valence-electron chi connectivity index (χ1n) is 10.6. The molecule has 3 rings (SSSR count). The monoisotopic (exact) mass is 524 g/mol. The van der Waals surface area contributed by atoms with Crippen LogP contribution in [0.25, 0.3) is 0 Å². The summed E-state index contributed by atoms with van der Waals surface area (Å²) in [6, 6.07) is 13.3. The summed E-state index contributed by atoms with van der Waals surface area (Å²) in [5.41, 5.74) is 1.29. The number of anilines is 1. The molecule has 3 aromatic rings. The Balaban J connectivity index is 1.97. The Morgan fingerprint density at radius 3 is 2.14 bits per heavy atom. The van der Waals surface area contributed by atoms with E-state index in [1.807, 2.05) is 6.92 Å². The van der Waals surface area contributed by atoms with Crippen LogP contribution in [0, 0.1) is 20.8 Å². The molecule has 0 saturated heterocycles. The minimum atomic E-state index is -4.64. The van der Waals surface area contributed by atoms with E-state index in [0.29, 0.717) is 22.8 Å². The summed E-state index contributed by atoms with van der Waals surface area (Å²) in [5, 5.41) is 2.24. The van der Waals surface area contributed by atoms with Gasteiger partial charge in [0.1, 0.15) is 6.04 Å². The summed E-state index contributed by atoms with van der Waals surface area (Å²) in [5.74, 6) is -0.846. The zero-order chi connectivity index (χ0) is 26.0. The van der Waals surface area contributed by atoms with E-state index in [-0.39, 0.29) is 22.0 Å². The van der Waals surface area contributed by atoms with Crippen LogP contribution in [0.2, 0.25) is 5.02 Å². The smallest absolute Gasteiger partial charge is 0.323 e. The van der Waals surface area contributed by atoms with Gasteiger partial charge in [0.05, 0.1) is 21.2 Å². The minimum Gasteiger partial charge on any atom is -0.323 e. The lowest BCUT2D eigenvalue weighted by Crippen LogP contribution is -2.45. The van der Waals surface area contributed by atoms with E-state index >= 15 is 0 Å². The van der Waals surface area contributed by atoms with Crippen LogP contribution in [-0.4, -0.2) is 20.4 Å². The molecule has 0 aromatic heterocycles. The van der Waals surface area contributed by atoms with Crippen molar-refractivity contribution < 1.29 is 26.4 Å². The first-order chi connectivity index (χ1) is 16.3. The minimum absolute atomic E-state index is 0.0353. The Labute approximate surface area is 207 Å². The highest BCUT2D eigenvalue weighted by atomic mass is 35.5. The number of hydrogen-bond acceptors (Lipinski definition) is 3. The van der Waals surface area contributed by atoms with E-state index in [1.165, 1.54) is 0 Å². The zero-order valence-electron chi connectivity index (χ0n) is 19.2. The number of amides is 1. The Hall–Kier alpha value is -2.88. The van der Waals surface area contributed by atoms with Crippen molar-refractivity contribution in [3.05, 3.63) is 93.5 Å². The van der Waals surface area contributed by atoms with Crippen LogP contribution in [0.15, 0.2) is 65.6 Å². The third-order valence-electron chi connectivity index (χ3n) is 5.32. The van der Waals surface area contributed by atoms with Gasteiger partial charge in [-0.15, -0.1) is 0 Å². The number of nitrogens with one attached hydrogen (secondary N) is 2. The van der Waals surface area contributed by atoms with Crippen molar-refractivity contribution in [2.75, 3.05) is 5.32 Å². The van der Waals surface area contributed by atoms with Crippen molar-refractivity contribution in [1.29, 1.82) is 0 Å². The van der Waals surface area contributed by atoms with Crippen molar-refractivity contribution in [2.45, 2.75) is 44.3 Å². The maximum absolute atomic E-state index is 13.3. The van der Waals surface area contributed by atoms with Gasteiger partial charge in [-0.1, -0.05) is 59.6 Å². The SMILES string of the molecule is Cc1cc(C)c(S(=O)(=O)N[C@H](Cc2ccccc2)C(=O)Nc2cc(C(F)(F)F)ccc2Cl)c(C)c1. The van der Waals surface area contributed by atoms with Crippen LogP contribution in [0.3, 0.4) is 0 Å². The number of rotatable bonds is 7. The van der Waals surface area contributed by atoms with Gasteiger partial charge in [-0.25, -0.2) is 8.42 Å². The molecule has 10 heteroatoms. The van der Waals surface area contributed by atoms with Gasteiger partial charge in [-0.2, -0.15) is 17.9 Å². The number of sulfonamides is 1. The Morgan fingerprint density at radius 1 is 0.971 bits per heavy atom. The van der Waals surface area contributed by atoms with Gasteiger partial charge >= 0.3 is 6.18 Å². The molecule has 0 aliphatic rings. The first kappa shape index (κ1) is 26.7. The van der Waals surface area contributed by atoms with Gasteiger partial charge in [-0.05, 0) is 62.1 Å². The lowest BCUT2D eigenvalue weighted by atomic mass is 10.1. The molecule has 0 heterocycles. The second-order valence-electron chi connectivity index (χ2n) is 8.27. The van der Waals surface area contributed by atoms with Gasteiger partial charge in [0, 0.05) is 0 Å². The average molecular weight is 525 g/mol. The lowest BCUT2D eigenvalue weighted by Gasteiger charge is -2.21. The molecule has 1 atom stereocenters. The fourth-order valence-corrected chi connectivity index (χ4v) is 5.70. The van der Waals surface area contributed by atoms with Crippen LogP contribution < -0.4 is 10.0 Å². The van der Waals surface area contributed by atoms with Gasteiger partial charge in [0.25, 0.3) is 0 Å². The number of hydrogen-bond donors (Lipinski definition) is 2. The molecular weight excluding hydrogens is 501 g/mol. The second-order valence-corrected chi connectivity index (χ2v) is 10.3. The van der Waals surface area contributed by atoms with E-state index in [2.05, 4.69) is 10.0 Å². The Morgan fingerprint density at radius 2 is 1.57 bits per heavy atom. The Bertz CT molecular complexity index is 1320. The number of carbonyl (C=O) groups is 1. The molecule has 0 fully saturated rings. The molecular formula is C25H24ClF3N2O3S. The predicted molar refractivity (Wildman–Crippen MR) is 130 cm³/mol. The number of carbonyl (C=O) groups excluding carboxylic acids is 1. The van der Waals surface area contributed by atoms with Crippen molar-refractivity contribution in [2.24, 2.45) is 0 Å². The normalized spacial score (nSPS) is 12.9. The summed E-state index contributed by atoms with van der Waals surface area (Å²) in [4.78, 5) is 13.2. The van der Waals surface area contributed by atoms with E-state index in [4.69, 9.17) is 11.6 Å². The van der Waals surface area contributed by atoms with Crippen LogP contribution in [0.5, 0.6) is 0 Å². The van der Waals surface area contributed by atoms with Crippen molar-refractivity contribution >= 4 is 33.2 Å². The van der Waals surface area contributed by atoms with Crippen LogP contribution in [-0.2, 0) is 27.4 Å². The maximum Gasteiger partial charge on any atom is 0.416 e. The molecule has 2 N–H and O–H groups in total. The molecule has 1 amide bonds. The van der Waals surface area contributed by atoms with Gasteiger partial charge in [0.2, 0.25) is 15.9 Å². The fourth-order valence-electron chi connectivity index (χ4n) is 3.89. The third-order valence-corrected chi connectivity index (χ3v) is 7.43. The number of alkyl halides is 3. The van der Waals surface area contributed by atoms with E-state index in [9.17, 15) is 26.4 Å². The average Bonchev–Trinajstić information content (AvgIpc) is 2.73. The number of aryl methyl sites for hydroxylation is 3. The van der Waals surface area contributed by atoms with Crippen LogP contribution in [0.4, 0.5) is 18.9 Å². The molecule has 35 heavy (non-hydrogen) atoms. The summed E-state index contributed by atoms with van der Waals surface area (Å²) < 4.78 is 68.5. The molecule has 0 radical (unpaired) electrons. The summed E-state index contributed by atoms with van der Waals surface area (Å²) >= 11 is 6.02. The highest BCUT2D eigenvalue weighted by molar-refractivity contribution is 7.89. The second kappa shape index (κ2) is 10.4. The summed E-state index contributed by atoms with van der Waals surface area (Å²) in [7, 11) is -4.16. The quantitative estimate of drug-likeness (QED) is 0.409. The topological polar surface area (TPSA) is 75.3 Å². The third kappa shape index (κ3) is 6.62. The van der Waals surface area contributed by atoms with Crippen molar-refractivity contribution in [3.8, 4) is 0 Å². The van der Waals surface area contributed by atoms with Gasteiger partial charge < -0.3 is 5.32 Å². The van der Waals surface area contributed by atoms with E-state index < -0.39 is 33.7 Å². The van der Waals surface area contributed by atoms with E-state index in [0.717, 1.165) is 17.7 Å². The lowest BCUT2D eigenvalue weighted by molar-refractivity contribution is -0.137. The largest absolute Gasteiger partial charge is 0.416 e. The molecule has 0 aliphatic carbocycles. The maximum atomic E-state index is 13.3. The Kier molecular flexibility index (Phi) is 7.93. The summed E-state index contributed by atoms with van der Waals surface area (Å²) in [6.45, 7) is 5.15. The van der Waals surface area contributed by atoms with Crippen molar-refractivity contribution in [1.82, 2.24) is 4.72 Å². The van der Waals surface area contributed by atoms with Crippen LogP contribution in [0.1, 0.15) is 27.8 Å². The first-order valence-corrected chi connectivity index (χ1v) is 12.5. The zero-order valence-corrected chi connectivity index (χ0v) is 20.8. The number of halogens is 4. The molecule has 0 saturated carbocycles. The molecule has 0 unspecified atom stereocenters. The molecule has 0 spiro atoms. The molecule has 186 valence electrons. The predicted octanol–water partition coefficient (Wildman–Crippen LogP) is 5.81. The standard InChI is InChI=1S/C25H24ClF3N2O3S/c1-15-11-16(2)23(17(3)12-15)35(33,34)31-22(13-18-7-5-4-6-8-18)24(32)30-21-14-19(25(27,28)29)9-10-20(21)26/h4-12,14,22,31H,13H2,1-3H3,(H,30,32)/t22-/m1/s1. The molecule has 5 nitrogen and oxygen atoms in total. The van der Waals surface area contributed by atoms with Gasteiger partial charge in [-0.3, -0.25) is 4.79 Å². The van der Waals surface area contributed by atoms with Crippen LogP contribution >= 0.6 is 11.6 Å². The molecule has 3 aromatic carbocycles. The fraction of sp³-hybridized carbons (Fsp3) is 0.240. The van der Waals surface area contributed by atoms with E-state index in [1.54, 1.807) is 56.3 Å². The molecule has 0 aliphatic heterocycles.